The number of aromatic nitrogens is 1. The Morgan fingerprint density at radius 2 is 2.00 bits per heavy atom. The van der Waals surface area contributed by atoms with E-state index in [9.17, 15) is 4.39 Å². The maximum Gasteiger partial charge on any atom is 0.141 e. The van der Waals surface area contributed by atoms with Crippen LogP contribution in [-0.2, 0) is 5.54 Å². The van der Waals surface area contributed by atoms with Crippen LogP contribution in [0.15, 0.2) is 18.5 Å². The van der Waals surface area contributed by atoms with Crippen molar-refractivity contribution in [1.82, 2.24) is 4.98 Å². The summed E-state index contributed by atoms with van der Waals surface area (Å²) < 4.78 is 13.2. The zero-order chi connectivity index (χ0) is 12.5. The van der Waals surface area contributed by atoms with E-state index in [-0.39, 0.29) is 11.4 Å². The van der Waals surface area contributed by atoms with Crippen LogP contribution in [0.5, 0.6) is 0 Å². The minimum atomic E-state index is -0.375. The molecule has 0 saturated heterocycles. The molecule has 1 heterocycles. The summed E-state index contributed by atoms with van der Waals surface area (Å²) in [5, 5.41) is 0. The monoisotopic (exact) mass is 236 g/mol. The fourth-order valence-corrected chi connectivity index (χ4v) is 2.79. The van der Waals surface area contributed by atoms with Gasteiger partial charge in [0.05, 0.1) is 6.20 Å². The van der Waals surface area contributed by atoms with Crippen molar-refractivity contribution in [2.24, 2.45) is 17.6 Å². The normalized spacial score (nSPS) is 29.6. The molecule has 94 valence electrons. The zero-order valence-corrected chi connectivity index (χ0v) is 10.6. The second-order valence-electron chi connectivity index (χ2n) is 5.63. The third kappa shape index (κ3) is 2.65. The first-order valence-electron chi connectivity index (χ1n) is 6.41. The highest BCUT2D eigenvalue weighted by Crippen LogP contribution is 2.39. The van der Waals surface area contributed by atoms with Crippen LogP contribution in [0.4, 0.5) is 4.39 Å². The molecular formula is C14H21FN2. The van der Waals surface area contributed by atoms with E-state index >= 15 is 0 Å². The summed E-state index contributed by atoms with van der Waals surface area (Å²) in [6.07, 6.45) is 7.06. The van der Waals surface area contributed by atoms with Gasteiger partial charge in [0, 0.05) is 11.7 Å². The molecule has 2 rings (SSSR count). The van der Waals surface area contributed by atoms with Crippen LogP contribution in [0, 0.1) is 17.7 Å². The predicted octanol–water partition coefficient (Wildman–Crippen LogP) is 3.22. The van der Waals surface area contributed by atoms with Gasteiger partial charge >= 0.3 is 0 Å². The molecule has 1 aromatic heterocycles. The summed E-state index contributed by atoms with van der Waals surface area (Å²) in [5.74, 6) is 1.18. The van der Waals surface area contributed by atoms with Crippen LogP contribution in [0.2, 0.25) is 0 Å². The van der Waals surface area contributed by atoms with Crippen molar-refractivity contribution >= 4 is 0 Å². The predicted molar refractivity (Wildman–Crippen MR) is 66.9 cm³/mol. The molecular weight excluding hydrogens is 215 g/mol. The number of halogens is 1. The lowest BCUT2D eigenvalue weighted by Crippen LogP contribution is -2.41. The number of pyridine rings is 1. The number of hydrogen-bond acceptors (Lipinski definition) is 2. The van der Waals surface area contributed by atoms with Gasteiger partial charge in [-0.3, -0.25) is 4.98 Å². The molecule has 2 nitrogen and oxygen atoms in total. The van der Waals surface area contributed by atoms with E-state index in [1.807, 2.05) is 0 Å². The van der Waals surface area contributed by atoms with E-state index < -0.39 is 0 Å². The maximum absolute atomic E-state index is 13.2. The molecule has 1 aliphatic rings. The molecule has 1 aromatic rings. The van der Waals surface area contributed by atoms with Gasteiger partial charge in [-0.15, -0.1) is 0 Å². The number of rotatable bonds is 2. The van der Waals surface area contributed by atoms with Crippen molar-refractivity contribution in [1.29, 1.82) is 0 Å². The van der Waals surface area contributed by atoms with Crippen LogP contribution in [0.25, 0.3) is 0 Å². The third-order valence-corrected chi connectivity index (χ3v) is 4.15. The first-order chi connectivity index (χ1) is 8.01. The van der Waals surface area contributed by atoms with E-state index in [1.54, 1.807) is 6.20 Å². The summed E-state index contributed by atoms with van der Waals surface area (Å²) in [4.78, 5) is 3.90. The Hall–Kier alpha value is -0.960. The molecule has 2 N–H and O–H groups in total. The Morgan fingerprint density at radius 1 is 1.35 bits per heavy atom. The summed E-state index contributed by atoms with van der Waals surface area (Å²) in [6.45, 7) is 4.52. The summed E-state index contributed by atoms with van der Waals surface area (Å²) >= 11 is 0. The lowest BCUT2D eigenvalue weighted by molar-refractivity contribution is 0.195. The molecule has 0 spiro atoms. The molecule has 0 atom stereocenters. The molecule has 0 aromatic carbocycles. The van der Waals surface area contributed by atoms with E-state index in [1.165, 1.54) is 12.3 Å². The molecule has 17 heavy (non-hydrogen) atoms. The highest BCUT2D eigenvalue weighted by atomic mass is 19.1. The van der Waals surface area contributed by atoms with Crippen LogP contribution >= 0.6 is 0 Å². The summed E-state index contributed by atoms with van der Waals surface area (Å²) in [6, 6.07) is 1.53. The Kier molecular flexibility index (Phi) is 3.48. The minimum Gasteiger partial charge on any atom is -0.321 e. The average molecular weight is 236 g/mol. The van der Waals surface area contributed by atoms with Crippen molar-refractivity contribution in [2.45, 2.75) is 45.1 Å². The molecule has 0 radical (unpaired) electrons. The van der Waals surface area contributed by atoms with Crippen LogP contribution in [0.3, 0.4) is 0 Å². The van der Waals surface area contributed by atoms with Gasteiger partial charge in [-0.25, -0.2) is 4.39 Å². The van der Waals surface area contributed by atoms with Crippen molar-refractivity contribution in [3.63, 3.8) is 0 Å². The second-order valence-corrected chi connectivity index (χ2v) is 5.63. The van der Waals surface area contributed by atoms with Gasteiger partial charge in [0.2, 0.25) is 0 Å². The van der Waals surface area contributed by atoms with E-state index in [0.717, 1.165) is 37.2 Å². The first-order valence-corrected chi connectivity index (χ1v) is 6.41. The SMILES string of the molecule is CC(C)C1CCC(N)(c2cncc(F)c2)CC1. The van der Waals surface area contributed by atoms with Crippen molar-refractivity contribution < 1.29 is 4.39 Å². The third-order valence-electron chi connectivity index (χ3n) is 4.15. The van der Waals surface area contributed by atoms with Gasteiger partial charge in [0.25, 0.3) is 0 Å². The van der Waals surface area contributed by atoms with E-state index in [0.29, 0.717) is 5.92 Å². The lowest BCUT2D eigenvalue weighted by Gasteiger charge is -2.38. The summed E-state index contributed by atoms with van der Waals surface area (Å²) in [7, 11) is 0. The van der Waals surface area contributed by atoms with Crippen molar-refractivity contribution in [2.75, 3.05) is 0 Å². The standard InChI is InChI=1S/C14H21FN2/c1-10(2)11-3-5-14(16,6-4-11)12-7-13(15)9-17-8-12/h7-11H,3-6,16H2,1-2H3. The molecule has 1 aliphatic carbocycles. The largest absolute Gasteiger partial charge is 0.321 e. The quantitative estimate of drug-likeness (QED) is 0.856. The fourth-order valence-electron chi connectivity index (χ4n) is 2.79. The Labute approximate surface area is 102 Å². The van der Waals surface area contributed by atoms with Crippen molar-refractivity contribution in [3.8, 4) is 0 Å². The molecule has 0 aliphatic heterocycles. The first kappa shape index (κ1) is 12.5. The number of nitrogens with zero attached hydrogens (tertiary/aromatic N) is 1. The molecule has 0 amide bonds. The van der Waals surface area contributed by atoms with Crippen LogP contribution in [0.1, 0.15) is 45.1 Å². The molecule has 0 bridgehead atoms. The number of hydrogen-bond donors (Lipinski definition) is 1. The zero-order valence-electron chi connectivity index (χ0n) is 10.6. The highest BCUT2D eigenvalue weighted by Gasteiger charge is 2.34. The van der Waals surface area contributed by atoms with Gasteiger partial charge in [0.1, 0.15) is 5.82 Å². The second kappa shape index (κ2) is 4.73. The molecule has 1 saturated carbocycles. The Bertz CT molecular complexity index is 382. The average Bonchev–Trinajstić information content (AvgIpc) is 2.29. The topological polar surface area (TPSA) is 38.9 Å². The van der Waals surface area contributed by atoms with Gasteiger partial charge in [-0.2, -0.15) is 0 Å². The smallest absolute Gasteiger partial charge is 0.141 e. The minimum absolute atomic E-state index is 0.293. The van der Waals surface area contributed by atoms with E-state index in [4.69, 9.17) is 5.73 Å². The Morgan fingerprint density at radius 3 is 2.53 bits per heavy atom. The number of nitrogens with two attached hydrogens (primary N) is 1. The lowest BCUT2D eigenvalue weighted by atomic mass is 9.71. The van der Waals surface area contributed by atoms with Crippen LogP contribution in [-0.4, -0.2) is 4.98 Å². The van der Waals surface area contributed by atoms with Crippen LogP contribution < -0.4 is 5.73 Å². The maximum atomic E-state index is 13.2. The molecule has 0 unspecified atom stereocenters. The summed E-state index contributed by atoms with van der Waals surface area (Å²) in [5.41, 5.74) is 6.88. The van der Waals surface area contributed by atoms with Gasteiger partial charge in [-0.1, -0.05) is 13.8 Å². The molecule has 1 fully saturated rings. The van der Waals surface area contributed by atoms with Gasteiger partial charge < -0.3 is 5.73 Å². The highest BCUT2D eigenvalue weighted by molar-refractivity contribution is 5.21. The molecule has 3 heteroatoms. The van der Waals surface area contributed by atoms with E-state index in [2.05, 4.69) is 18.8 Å². The fraction of sp³-hybridized carbons (Fsp3) is 0.643. The van der Waals surface area contributed by atoms with Crippen molar-refractivity contribution in [3.05, 3.63) is 29.8 Å². The Balaban J connectivity index is 2.12. The van der Waals surface area contributed by atoms with Gasteiger partial charge in [-0.05, 0) is 49.1 Å². The van der Waals surface area contributed by atoms with Gasteiger partial charge in [0.15, 0.2) is 0 Å².